The van der Waals surface area contributed by atoms with E-state index < -0.39 is 11.7 Å². The Morgan fingerprint density at radius 3 is 2.30 bits per heavy atom. The van der Waals surface area contributed by atoms with Crippen molar-refractivity contribution in [3.05, 3.63) is 28.8 Å². The number of benzene rings is 1. The minimum Gasteiger partial charge on any atom is -0.483 e. The molecule has 0 unspecified atom stereocenters. The van der Waals surface area contributed by atoms with E-state index in [1.807, 2.05) is 37.8 Å². The van der Waals surface area contributed by atoms with Crippen molar-refractivity contribution in [2.24, 2.45) is 5.92 Å². The number of nitrogens with zero attached hydrogens (tertiary/aromatic N) is 1. The van der Waals surface area contributed by atoms with Gasteiger partial charge in [0, 0.05) is 32.6 Å². The van der Waals surface area contributed by atoms with Crippen molar-refractivity contribution in [2.75, 3.05) is 32.8 Å². The summed E-state index contributed by atoms with van der Waals surface area (Å²) in [5, 5.41) is 5.57. The molecule has 1 aromatic rings. The Hall–Kier alpha value is -2.77. The number of carbonyl (C=O) groups is 3. The van der Waals surface area contributed by atoms with Crippen LogP contribution in [-0.2, 0) is 14.3 Å². The number of hydrogen-bond acceptors (Lipinski definition) is 5. The molecule has 0 aromatic heterocycles. The topological polar surface area (TPSA) is 97.0 Å². The van der Waals surface area contributed by atoms with E-state index in [-0.39, 0.29) is 31.4 Å². The molecule has 1 aromatic carbocycles. The second kappa shape index (κ2) is 11.9. The van der Waals surface area contributed by atoms with Gasteiger partial charge in [-0.15, -0.1) is 0 Å². The zero-order chi connectivity index (χ0) is 24.6. The molecule has 0 aliphatic carbocycles. The largest absolute Gasteiger partial charge is 0.483 e. The summed E-state index contributed by atoms with van der Waals surface area (Å²) in [6, 6.07) is 4.05. The van der Waals surface area contributed by atoms with Crippen LogP contribution in [0.1, 0.15) is 56.7 Å². The highest BCUT2D eigenvalue weighted by Gasteiger charge is 2.23. The van der Waals surface area contributed by atoms with E-state index in [9.17, 15) is 14.4 Å². The molecule has 1 saturated heterocycles. The molecule has 0 atom stereocenters. The first kappa shape index (κ1) is 26.5. The van der Waals surface area contributed by atoms with Crippen LogP contribution in [0.5, 0.6) is 5.75 Å². The third-order valence-corrected chi connectivity index (χ3v) is 5.78. The maximum Gasteiger partial charge on any atom is 0.407 e. The molecule has 0 saturated carbocycles. The maximum atomic E-state index is 12.4. The zero-order valence-corrected chi connectivity index (χ0v) is 20.9. The average Bonchev–Trinajstić information content (AvgIpc) is 2.74. The minimum atomic E-state index is -0.560. The molecule has 8 heteroatoms. The summed E-state index contributed by atoms with van der Waals surface area (Å²) in [6.07, 6.45) is 1.40. The lowest BCUT2D eigenvalue weighted by Crippen LogP contribution is -2.43. The molecule has 1 aliphatic rings. The second-order valence-corrected chi connectivity index (χ2v) is 9.75. The fraction of sp³-hybridized carbons (Fsp3) is 0.640. The molecule has 2 N–H and O–H groups in total. The van der Waals surface area contributed by atoms with Crippen LogP contribution in [0.15, 0.2) is 12.1 Å². The van der Waals surface area contributed by atoms with E-state index >= 15 is 0 Å². The highest BCUT2D eigenvalue weighted by atomic mass is 16.6. The van der Waals surface area contributed by atoms with Gasteiger partial charge in [0.05, 0.1) is 0 Å². The summed E-state index contributed by atoms with van der Waals surface area (Å²) in [6.45, 7) is 13.5. The van der Waals surface area contributed by atoms with Crippen LogP contribution in [0, 0.1) is 26.7 Å². The average molecular weight is 462 g/mol. The van der Waals surface area contributed by atoms with Gasteiger partial charge in [-0.1, -0.05) is 12.1 Å². The van der Waals surface area contributed by atoms with Gasteiger partial charge in [-0.25, -0.2) is 4.79 Å². The molecule has 1 heterocycles. The van der Waals surface area contributed by atoms with Gasteiger partial charge >= 0.3 is 6.09 Å². The molecule has 0 bridgehead atoms. The predicted octanol–water partition coefficient (Wildman–Crippen LogP) is 3.26. The van der Waals surface area contributed by atoms with Crippen LogP contribution in [0.25, 0.3) is 0 Å². The van der Waals surface area contributed by atoms with Crippen LogP contribution < -0.4 is 15.4 Å². The fourth-order valence-corrected chi connectivity index (χ4v) is 3.72. The number of aryl methyl sites for hydroxylation is 2. The number of nitrogens with one attached hydrogen (secondary N) is 2. The van der Waals surface area contributed by atoms with Crippen LogP contribution in [0.4, 0.5) is 4.79 Å². The van der Waals surface area contributed by atoms with Gasteiger partial charge in [-0.2, -0.15) is 0 Å². The molecule has 0 radical (unpaired) electrons. The lowest BCUT2D eigenvalue weighted by atomic mass is 9.96. The van der Waals surface area contributed by atoms with Crippen molar-refractivity contribution in [2.45, 2.75) is 66.4 Å². The van der Waals surface area contributed by atoms with Crippen LogP contribution >= 0.6 is 0 Å². The molecule has 184 valence electrons. The third-order valence-electron chi connectivity index (χ3n) is 5.78. The number of hydrogen-bond donors (Lipinski definition) is 2. The standard InChI is InChI=1S/C25H39N3O5/c1-17-7-8-18(2)23(19(17)3)32-16-21(29)27-15-20-10-13-28(14-11-20)22(30)9-12-26-24(31)33-25(4,5)6/h7-8,20H,9-16H2,1-6H3,(H,26,31)(H,27,29). The summed E-state index contributed by atoms with van der Waals surface area (Å²) in [5.41, 5.74) is 2.65. The minimum absolute atomic E-state index is 0.00683. The van der Waals surface area contributed by atoms with E-state index in [4.69, 9.17) is 9.47 Å². The number of amides is 3. The summed E-state index contributed by atoms with van der Waals surface area (Å²) >= 11 is 0. The number of alkyl carbamates (subject to hydrolysis) is 1. The van der Waals surface area contributed by atoms with E-state index in [0.717, 1.165) is 35.3 Å². The quantitative estimate of drug-likeness (QED) is 0.619. The number of piperidine rings is 1. The number of likely N-dealkylation sites (tertiary alicyclic amines) is 1. The molecule has 1 fully saturated rings. The van der Waals surface area contributed by atoms with E-state index in [2.05, 4.69) is 10.6 Å². The first-order valence-electron chi connectivity index (χ1n) is 11.7. The van der Waals surface area contributed by atoms with Crippen molar-refractivity contribution < 1.29 is 23.9 Å². The fourth-order valence-electron chi connectivity index (χ4n) is 3.72. The van der Waals surface area contributed by atoms with Gasteiger partial charge in [0.15, 0.2) is 6.61 Å². The molecular formula is C25H39N3O5. The Balaban J connectivity index is 1.64. The molecule has 33 heavy (non-hydrogen) atoms. The molecule has 3 amide bonds. The van der Waals surface area contributed by atoms with Crippen molar-refractivity contribution >= 4 is 17.9 Å². The Kier molecular flexibility index (Phi) is 9.56. The SMILES string of the molecule is Cc1ccc(C)c(OCC(=O)NCC2CCN(C(=O)CCNC(=O)OC(C)(C)C)CC2)c1C. The Labute approximate surface area is 197 Å². The van der Waals surface area contributed by atoms with Gasteiger partial charge in [0.1, 0.15) is 11.4 Å². The van der Waals surface area contributed by atoms with Crippen LogP contribution in [0.2, 0.25) is 0 Å². The summed E-state index contributed by atoms with van der Waals surface area (Å²) < 4.78 is 10.9. The smallest absolute Gasteiger partial charge is 0.407 e. The lowest BCUT2D eigenvalue weighted by molar-refractivity contribution is -0.132. The van der Waals surface area contributed by atoms with E-state index in [0.29, 0.717) is 25.6 Å². The third kappa shape index (κ3) is 8.94. The monoisotopic (exact) mass is 461 g/mol. The molecule has 1 aliphatic heterocycles. The summed E-state index contributed by atoms with van der Waals surface area (Å²) in [7, 11) is 0. The zero-order valence-electron chi connectivity index (χ0n) is 20.9. The Morgan fingerprint density at radius 1 is 1.03 bits per heavy atom. The van der Waals surface area contributed by atoms with Crippen molar-refractivity contribution in [3.8, 4) is 5.75 Å². The van der Waals surface area contributed by atoms with Crippen molar-refractivity contribution in [1.82, 2.24) is 15.5 Å². The van der Waals surface area contributed by atoms with E-state index in [1.165, 1.54) is 0 Å². The van der Waals surface area contributed by atoms with E-state index in [1.54, 1.807) is 20.8 Å². The van der Waals surface area contributed by atoms with Crippen LogP contribution in [0.3, 0.4) is 0 Å². The van der Waals surface area contributed by atoms with Crippen LogP contribution in [-0.4, -0.2) is 61.2 Å². The maximum absolute atomic E-state index is 12.4. The molecule has 0 spiro atoms. The van der Waals surface area contributed by atoms with Crippen molar-refractivity contribution in [3.63, 3.8) is 0 Å². The summed E-state index contributed by atoms with van der Waals surface area (Å²) in [5.74, 6) is 0.992. The first-order chi connectivity index (χ1) is 15.5. The predicted molar refractivity (Wildman–Crippen MR) is 127 cm³/mol. The summed E-state index contributed by atoms with van der Waals surface area (Å²) in [4.78, 5) is 38.1. The first-order valence-corrected chi connectivity index (χ1v) is 11.7. The van der Waals surface area contributed by atoms with Gasteiger partial charge in [-0.05, 0) is 77.0 Å². The number of rotatable bonds is 8. The molecule has 8 nitrogen and oxygen atoms in total. The Morgan fingerprint density at radius 2 is 1.67 bits per heavy atom. The highest BCUT2D eigenvalue weighted by Crippen LogP contribution is 2.25. The van der Waals surface area contributed by atoms with Gasteiger partial charge in [-0.3, -0.25) is 9.59 Å². The normalized spacial score (nSPS) is 14.5. The number of ether oxygens (including phenoxy) is 2. The second-order valence-electron chi connectivity index (χ2n) is 9.75. The van der Waals surface area contributed by atoms with Gasteiger partial charge < -0.3 is 25.0 Å². The number of carbonyl (C=O) groups excluding carboxylic acids is 3. The molecule has 2 rings (SSSR count). The van der Waals surface area contributed by atoms with Crippen molar-refractivity contribution in [1.29, 1.82) is 0 Å². The molecular weight excluding hydrogens is 422 g/mol. The Bertz CT molecular complexity index is 839. The van der Waals surface area contributed by atoms with Gasteiger partial charge in [0.25, 0.3) is 5.91 Å². The van der Waals surface area contributed by atoms with Gasteiger partial charge in [0.2, 0.25) is 5.91 Å². The lowest BCUT2D eigenvalue weighted by Gasteiger charge is -2.32. The highest BCUT2D eigenvalue weighted by molar-refractivity contribution is 5.78.